The summed E-state index contributed by atoms with van der Waals surface area (Å²) in [5.74, 6) is 0.170. The third-order valence-electron chi connectivity index (χ3n) is 3.58. The summed E-state index contributed by atoms with van der Waals surface area (Å²) in [6, 6.07) is 4.39. The van der Waals surface area contributed by atoms with Crippen molar-refractivity contribution < 1.29 is 19.3 Å². The van der Waals surface area contributed by atoms with Crippen LogP contribution in [0.25, 0.3) is 0 Å². The zero-order chi connectivity index (χ0) is 13.3. The van der Waals surface area contributed by atoms with E-state index in [1.54, 1.807) is 6.07 Å². The Morgan fingerprint density at radius 1 is 1.50 bits per heavy atom. The van der Waals surface area contributed by atoms with Gasteiger partial charge in [-0.3, -0.25) is 0 Å². The summed E-state index contributed by atoms with van der Waals surface area (Å²) in [6.45, 7) is 4.00. The fraction of sp³-hybridized carbons (Fsp3) is 0.571. The van der Waals surface area contributed by atoms with Crippen LogP contribution >= 0.6 is 0 Å². The summed E-state index contributed by atoms with van der Waals surface area (Å²) in [7, 11) is 0. The maximum atomic E-state index is 13.2. The molecule has 2 N–H and O–H groups in total. The Kier molecular flexibility index (Phi) is 3.59. The normalized spacial score (nSPS) is 26.9. The minimum atomic E-state index is -1.09. The van der Waals surface area contributed by atoms with E-state index in [4.69, 9.17) is 9.84 Å². The summed E-state index contributed by atoms with van der Waals surface area (Å²) in [5.41, 5.74) is -0.276. The Labute approximate surface area is 106 Å². The van der Waals surface area contributed by atoms with Crippen LogP contribution in [0.5, 0.6) is 5.75 Å². The Hall–Kier alpha value is -1.13. The number of ether oxygens (including phenoxy) is 1. The monoisotopic (exact) mass is 254 g/mol. The summed E-state index contributed by atoms with van der Waals surface area (Å²) in [4.78, 5) is 0. The minimum absolute atomic E-state index is 0.0901. The van der Waals surface area contributed by atoms with E-state index < -0.39 is 5.60 Å². The average Bonchev–Trinajstić information content (AvgIpc) is 2.29. The predicted octanol–water partition coefficient (Wildman–Crippen LogP) is 2.07. The first-order valence-electron chi connectivity index (χ1n) is 6.23. The molecule has 0 saturated carbocycles. The molecule has 0 fully saturated rings. The molecule has 1 aliphatic heterocycles. The molecule has 0 saturated heterocycles. The smallest absolute Gasteiger partial charge is 0.126 e. The van der Waals surface area contributed by atoms with Crippen LogP contribution in [0.2, 0.25) is 0 Å². The van der Waals surface area contributed by atoms with Crippen LogP contribution in [0.3, 0.4) is 0 Å². The van der Waals surface area contributed by atoms with Gasteiger partial charge in [-0.05, 0) is 12.0 Å². The zero-order valence-corrected chi connectivity index (χ0v) is 10.7. The fourth-order valence-corrected chi connectivity index (χ4v) is 2.87. The maximum Gasteiger partial charge on any atom is 0.126 e. The van der Waals surface area contributed by atoms with Crippen molar-refractivity contribution in [2.75, 3.05) is 13.2 Å². The van der Waals surface area contributed by atoms with Crippen molar-refractivity contribution in [1.82, 2.24) is 0 Å². The van der Waals surface area contributed by atoms with Crippen molar-refractivity contribution in [2.45, 2.75) is 31.8 Å². The minimum Gasteiger partial charge on any atom is -0.490 e. The third-order valence-corrected chi connectivity index (χ3v) is 3.58. The maximum absolute atomic E-state index is 13.2. The van der Waals surface area contributed by atoms with Crippen molar-refractivity contribution in [3.63, 3.8) is 0 Å². The van der Waals surface area contributed by atoms with Crippen LogP contribution in [0, 0.1) is 11.7 Å². The molecule has 0 aliphatic carbocycles. The van der Waals surface area contributed by atoms with Gasteiger partial charge in [-0.1, -0.05) is 19.9 Å². The van der Waals surface area contributed by atoms with Gasteiger partial charge < -0.3 is 14.9 Å². The second-order valence-corrected chi connectivity index (χ2v) is 5.27. The van der Waals surface area contributed by atoms with Crippen molar-refractivity contribution >= 4 is 0 Å². The molecule has 2 rings (SSSR count). The molecule has 3 nitrogen and oxygen atoms in total. The van der Waals surface area contributed by atoms with Gasteiger partial charge in [0, 0.05) is 30.6 Å². The first-order valence-corrected chi connectivity index (χ1v) is 6.23. The molecule has 0 radical (unpaired) electrons. The van der Waals surface area contributed by atoms with Gasteiger partial charge in [-0.25, -0.2) is 4.39 Å². The van der Waals surface area contributed by atoms with Gasteiger partial charge >= 0.3 is 0 Å². The second-order valence-electron chi connectivity index (χ2n) is 5.27. The van der Waals surface area contributed by atoms with E-state index >= 15 is 0 Å². The number of fused-ring (bicyclic) bond motifs is 1. The average molecular weight is 254 g/mol. The summed E-state index contributed by atoms with van der Waals surface area (Å²) < 4.78 is 18.6. The van der Waals surface area contributed by atoms with E-state index in [1.807, 2.05) is 13.8 Å². The molecular weight excluding hydrogens is 235 g/mol. The number of hydrogen-bond acceptors (Lipinski definition) is 3. The molecule has 1 aliphatic rings. The first-order chi connectivity index (χ1) is 8.48. The fourth-order valence-electron chi connectivity index (χ4n) is 2.87. The van der Waals surface area contributed by atoms with Crippen molar-refractivity contribution in [1.29, 1.82) is 0 Å². The number of rotatable bonds is 3. The van der Waals surface area contributed by atoms with Crippen LogP contribution in [-0.2, 0) is 0 Å². The van der Waals surface area contributed by atoms with Gasteiger partial charge in [0.1, 0.15) is 23.8 Å². The number of aliphatic hydroxyl groups is 2. The third kappa shape index (κ3) is 2.22. The Balaban J connectivity index is 2.45. The molecule has 0 bridgehead atoms. The highest BCUT2D eigenvalue weighted by molar-refractivity contribution is 5.41. The molecule has 4 heteroatoms. The molecule has 18 heavy (non-hydrogen) atoms. The zero-order valence-electron chi connectivity index (χ0n) is 10.7. The van der Waals surface area contributed by atoms with E-state index in [1.165, 1.54) is 12.1 Å². The molecule has 0 spiro atoms. The molecule has 2 unspecified atom stereocenters. The lowest BCUT2D eigenvalue weighted by Crippen LogP contribution is -2.48. The SMILES string of the molecule is CC(C)C1c2ccc(F)cc2OCC1(O)CCO. The first kappa shape index (κ1) is 13.3. The van der Waals surface area contributed by atoms with Crippen LogP contribution in [0.1, 0.15) is 31.7 Å². The predicted molar refractivity (Wildman–Crippen MR) is 66.1 cm³/mol. The summed E-state index contributed by atoms with van der Waals surface area (Å²) in [6.07, 6.45) is 0.257. The Morgan fingerprint density at radius 3 is 2.83 bits per heavy atom. The molecule has 2 atom stereocenters. The van der Waals surface area contributed by atoms with Crippen molar-refractivity contribution in [3.05, 3.63) is 29.6 Å². The molecule has 0 aromatic heterocycles. The van der Waals surface area contributed by atoms with E-state index in [0.717, 1.165) is 5.56 Å². The lowest BCUT2D eigenvalue weighted by molar-refractivity contribution is -0.0682. The van der Waals surface area contributed by atoms with Gasteiger partial charge in [0.25, 0.3) is 0 Å². The van der Waals surface area contributed by atoms with E-state index in [0.29, 0.717) is 5.75 Å². The van der Waals surface area contributed by atoms with Gasteiger partial charge in [0.2, 0.25) is 0 Å². The Bertz CT molecular complexity index is 433. The van der Waals surface area contributed by atoms with Crippen LogP contribution in [0.15, 0.2) is 18.2 Å². The van der Waals surface area contributed by atoms with Gasteiger partial charge in [-0.15, -0.1) is 0 Å². The van der Waals surface area contributed by atoms with Crippen LogP contribution < -0.4 is 4.74 Å². The molecule has 0 amide bonds. The standard InChI is InChI=1S/C14H19FO3/c1-9(2)13-11-4-3-10(15)7-12(11)18-8-14(13,17)5-6-16/h3-4,7,9,13,16-17H,5-6,8H2,1-2H3. The quantitative estimate of drug-likeness (QED) is 0.868. The van der Waals surface area contributed by atoms with Crippen molar-refractivity contribution in [2.24, 2.45) is 5.92 Å². The van der Waals surface area contributed by atoms with E-state index in [2.05, 4.69) is 0 Å². The second kappa shape index (κ2) is 4.86. The van der Waals surface area contributed by atoms with Crippen molar-refractivity contribution in [3.8, 4) is 5.75 Å². The van der Waals surface area contributed by atoms with Crippen LogP contribution in [-0.4, -0.2) is 29.0 Å². The number of aliphatic hydroxyl groups excluding tert-OH is 1. The topological polar surface area (TPSA) is 49.7 Å². The number of hydrogen-bond donors (Lipinski definition) is 2. The number of benzene rings is 1. The number of halogens is 1. The van der Waals surface area contributed by atoms with Gasteiger partial charge in [-0.2, -0.15) is 0 Å². The van der Waals surface area contributed by atoms with E-state index in [9.17, 15) is 9.50 Å². The van der Waals surface area contributed by atoms with Crippen LogP contribution in [0.4, 0.5) is 4.39 Å². The molecule has 100 valence electrons. The molecular formula is C14H19FO3. The Morgan fingerprint density at radius 2 is 2.22 bits per heavy atom. The van der Waals surface area contributed by atoms with Gasteiger partial charge in [0.15, 0.2) is 0 Å². The molecule has 1 aromatic rings. The highest BCUT2D eigenvalue weighted by Gasteiger charge is 2.44. The highest BCUT2D eigenvalue weighted by Crippen LogP contribution is 2.45. The largest absolute Gasteiger partial charge is 0.490 e. The molecule has 1 aromatic carbocycles. The van der Waals surface area contributed by atoms with E-state index in [-0.39, 0.29) is 37.3 Å². The van der Waals surface area contributed by atoms with Gasteiger partial charge in [0.05, 0.1) is 0 Å². The highest BCUT2D eigenvalue weighted by atomic mass is 19.1. The lowest BCUT2D eigenvalue weighted by Gasteiger charge is -2.42. The lowest BCUT2D eigenvalue weighted by atomic mass is 9.72. The molecule has 1 heterocycles. The summed E-state index contributed by atoms with van der Waals surface area (Å²) in [5, 5.41) is 19.7. The summed E-state index contributed by atoms with van der Waals surface area (Å²) >= 11 is 0.